The van der Waals surface area contributed by atoms with Crippen molar-refractivity contribution in [2.45, 2.75) is 0 Å². The first-order valence-electron chi connectivity index (χ1n) is 5.97. The van der Waals surface area contributed by atoms with Gasteiger partial charge in [0.25, 0.3) is 0 Å². The van der Waals surface area contributed by atoms with Gasteiger partial charge < -0.3 is 4.42 Å². The number of halogens is 1. The smallest absolute Gasteiger partial charge is 0.336 e. The molecule has 0 spiro atoms. The molecule has 3 rings (SSSR count). The molecule has 0 atom stereocenters. The van der Waals surface area contributed by atoms with Crippen LogP contribution in [0.4, 0.5) is 4.39 Å². The summed E-state index contributed by atoms with van der Waals surface area (Å²) in [6.07, 6.45) is 0.703. The van der Waals surface area contributed by atoms with E-state index in [-0.39, 0.29) is 5.58 Å². The second-order valence-corrected chi connectivity index (χ2v) is 4.32. The molecule has 0 bridgehead atoms. The lowest BCUT2D eigenvalue weighted by Gasteiger charge is -2.07. The van der Waals surface area contributed by atoms with E-state index in [1.165, 1.54) is 24.3 Å². The predicted molar refractivity (Wildman–Crippen MR) is 73.3 cm³/mol. The zero-order valence-corrected chi connectivity index (χ0v) is 10.3. The SMILES string of the molecule is O=Cc1ccccc1-c1cc(=O)oc2ccc(F)cc12. The minimum atomic E-state index is -0.542. The number of hydrogen-bond donors (Lipinski definition) is 0. The van der Waals surface area contributed by atoms with Gasteiger partial charge in [-0.3, -0.25) is 4.79 Å². The van der Waals surface area contributed by atoms with Gasteiger partial charge in [0.15, 0.2) is 6.29 Å². The summed E-state index contributed by atoms with van der Waals surface area (Å²) in [5.74, 6) is -0.434. The zero-order valence-electron chi connectivity index (χ0n) is 10.3. The highest BCUT2D eigenvalue weighted by Gasteiger charge is 2.11. The molecule has 0 saturated heterocycles. The average Bonchev–Trinajstić information content (AvgIpc) is 2.47. The van der Waals surface area contributed by atoms with Crippen molar-refractivity contribution in [3.63, 3.8) is 0 Å². The van der Waals surface area contributed by atoms with Crippen molar-refractivity contribution >= 4 is 17.3 Å². The van der Waals surface area contributed by atoms with E-state index >= 15 is 0 Å². The van der Waals surface area contributed by atoms with Gasteiger partial charge in [0.1, 0.15) is 11.4 Å². The van der Waals surface area contributed by atoms with Gasteiger partial charge in [-0.05, 0) is 23.8 Å². The number of fused-ring (bicyclic) bond motifs is 1. The molecule has 0 aliphatic carbocycles. The quantitative estimate of drug-likeness (QED) is 0.528. The summed E-state index contributed by atoms with van der Waals surface area (Å²) in [6, 6.07) is 12.0. The van der Waals surface area contributed by atoms with E-state index in [0.29, 0.717) is 28.4 Å². The lowest BCUT2D eigenvalue weighted by molar-refractivity contribution is 0.112. The number of carbonyl (C=O) groups is 1. The second-order valence-electron chi connectivity index (χ2n) is 4.32. The summed E-state index contributed by atoms with van der Waals surface area (Å²) < 4.78 is 18.5. The third kappa shape index (κ3) is 2.01. The zero-order chi connectivity index (χ0) is 14.1. The lowest BCUT2D eigenvalue weighted by atomic mass is 9.98. The molecule has 0 aliphatic heterocycles. The molecule has 0 fully saturated rings. The molecule has 3 nitrogen and oxygen atoms in total. The van der Waals surface area contributed by atoms with Crippen molar-refractivity contribution in [1.82, 2.24) is 0 Å². The highest BCUT2D eigenvalue weighted by molar-refractivity contribution is 5.98. The maximum Gasteiger partial charge on any atom is 0.336 e. The van der Waals surface area contributed by atoms with E-state index in [2.05, 4.69) is 0 Å². The summed E-state index contributed by atoms with van der Waals surface area (Å²) in [6.45, 7) is 0. The van der Waals surface area contributed by atoms with Gasteiger partial charge in [0.2, 0.25) is 0 Å². The highest BCUT2D eigenvalue weighted by Crippen LogP contribution is 2.29. The van der Waals surface area contributed by atoms with Crippen LogP contribution >= 0.6 is 0 Å². The van der Waals surface area contributed by atoms with Crippen LogP contribution in [-0.2, 0) is 0 Å². The average molecular weight is 268 g/mol. The van der Waals surface area contributed by atoms with E-state index in [1.807, 2.05) is 0 Å². The van der Waals surface area contributed by atoms with E-state index in [9.17, 15) is 14.0 Å². The van der Waals surface area contributed by atoms with Crippen LogP contribution in [-0.4, -0.2) is 6.29 Å². The Morgan fingerprint density at radius 1 is 1.00 bits per heavy atom. The molecular weight excluding hydrogens is 259 g/mol. The Morgan fingerprint density at radius 2 is 1.80 bits per heavy atom. The number of hydrogen-bond acceptors (Lipinski definition) is 3. The topological polar surface area (TPSA) is 47.3 Å². The first-order chi connectivity index (χ1) is 9.69. The molecule has 0 amide bonds. The minimum Gasteiger partial charge on any atom is -0.423 e. The molecule has 3 aromatic rings. The fourth-order valence-corrected chi connectivity index (χ4v) is 2.20. The molecular formula is C16H9FO3. The molecule has 4 heteroatoms. The number of aldehydes is 1. The summed E-state index contributed by atoms with van der Waals surface area (Å²) in [5, 5.41) is 0.457. The number of rotatable bonds is 2. The van der Waals surface area contributed by atoms with Crippen LogP contribution in [0, 0.1) is 5.82 Å². The van der Waals surface area contributed by atoms with Crippen molar-refractivity contribution < 1.29 is 13.6 Å². The Bertz CT molecular complexity index is 865. The normalized spacial score (nSPS) is 10.7. The van der Waals surface area contributed by atoms with Crippen molar-refractivity contribution in [2.24, 2.45) is 0 Å². The maximum absolute atomic E-state index is 13.4. The van der Waals surface area contributed by atoms with E-state index in [0.717, 1.165) is 0 Å². The summed E-state index contributed by atoms with van der Waals surface area (Å²) in [4.78, 5) is 22.7. The van der Waals surface area contributed by atoms with E-state index in [1.54, 1.807) is 24.3 Å². The largest absolute Gasteiger partial charge is 0.423 e. The van der Waals surface area contributed by atoms with Gasteiger partial charge in [-0.2, -0.15) is 0 Å². The predicted octanol–water partition coefficient (Wildman–Crippen LogP) is 3.41. The standard InChI is InChI=1S/C16H9FO3/c17-11-5-6-15-14(7-11)13(8-16(19)20-15)12-4-2-1-3-10(12)9-18/h1-9H. The van der Waals surface area contributed by atoms with Crippen LogP contribution in [0.25, 0.3) is 22.1 Å². The molecule has 0 saturated carbocycles. The fraction of sp³-hybridized carbons (Fsp3) is 0. The highest BCUT2D eigenvalue weighted by atomic mass is 19.1. The van der Waals surface area contributed by atoms with Gasteiger partial charge in [-0.1, -0.05) is 24.3 Å². The van der Waals surface area contributed by atoms with Gasteiger partial charge in [0, 0.05) is 22.6 Å². The van der Waals surface area contributed by atoms with Crippen molar-refractivity contribution in [3.05, 3.63) is 70.3 Å². The van der Waals surface area contributed by atoms with Crippen molar-refractivity contribution in [2.75, 3.05) is 0 Å². The van der Waals surface area contributed by atoms with Gasteiger partial charge in [-0.25, -0.2) is 9.18 Å². The Hall–Kier alpha value is -2.75. The van der Waals surface area contributed by atoms with Gasteiger partial charge in [0.05, 0.1) is 0 Å². The molecule has 98 valence electrons. The third-order valence-corrected chi connectivity index (χ3v) is 3.08. The molecule has 0 radical (unpaired) electrons. The molecule has 20 heavy (non-hydrogen) atoms. The van der Waals surface area contributed by atoms with Crippen molar-refractivity contribution in [1.29, 1.82) is 0 Å². The summed E-state index contributed by atoms with van der Waals surface area (Å²) in [7, 11) is 0. The Kier molecular flexibility index (Phi) is 2.91. The molecule has 0 unspecified atom stereocenters. The number of carbonyl (C=O) groups excluding carboxylic acids is 1. The van der Waals surface area contributed by atoms with Crippen LogP contribution in [0.15, 0.2) is 57.7 Å². The monoisotopic (exact) mass is 268 g/mol. The fourth-order valence-electron chi connectivity index (χ4n) is 2.20. The summed E-state index contributed by atoms with van der Waals surface area (Å²) >= 11 is 0. The molecule has 1 aromatic heterocycles. The van der Waals surface area contributed by atoms with Gasteiger partial charge >= 0.3 is 5.63 Å². The molecule has 2 aromatic carbocycles. The number of benzene rings is 2. The Morgan fingerprint density at radius 3 is 2.60 bits per heavy atom. The third-order valence-electron chi connectivity index (χ3n) is 3.08. The van der Waals surface area contributed by atoms with Crippen molar-refractivity contribution in [3.8, 4) is 11.1 Å². The lowest BCUT2D eigenvalue weighted by Crippen LogP contribution is -1.99. The van der Waals surface area contributed by atoms with Crippen LogP contribution in [0.3, 0.4) is 0 Å². The van der Waals surface area contributed by atoms with Crippen LogP contribution in [0.5, 0.6) is 0 Å². The Balaban J connectivity index is 2.43. The maximum atomic E-state index is 13.4. The Labute approximate surface area is 113 Å². The first kappa shape index (κ1) is 12.3. The van der Waals surface area contributed by atoms with Crippen LogP contribution in [0.2, 0.25) is 0 Å². The molecule has 0 N–H and O–H groups in total. The minimum absolute atomic E-state index is 0.287. The van der Waals surface area contributed by atoms with E-state index in [4.69, 9.17) is 4.42 Å². The van der Waals surface area contributed by atoms with Crippen LogP contribution in [0.1, 0.15) is 10.4 Å². The molecule has 0 aliphatic rings. The first-order valence-corrected chi connectivity index (χ1v) is 5.97. The van der Waals surface area contributed by atoms with Crippen LogP contribution < -0.4 is 5.63 Å². The van der Waals surface area contributed by atoms with E-state index < -0.39 is 11.4 Å². The molecule has 1 heterocycles. The summed E-state index contributed by atoms with van der Waals surface area (Å²) in [5.41, 5.74) is 1.24. The second kappa shape index (κ2) is 4.74. The van der Waals surface area contributed by atoms with Gasteiger partial charge in [-0.15, -0.1) is 0 Å².